The SMILES string of the molecule is CC1(C)OCC(C(I)C(I)C2COC(C)(C)O2)O1. The molecule has 106 valence electrons. The molecule has 4 nitrogen and oxygen atoms in total. The molecule has 18 heavy (non-hydrogen) atoms. The van der Waals surface area contributed by atoms with Gasteiger partial charge in [0.15, 0.2) is 11.6 Å². The Kier molecular flexibility index (Phi) is 4.87. The van der Waals surface area contributed by atoms with Gasteiger partial charge in [0.1, 0.15) is 0 Å². The van der Waals surface area contributed by atoms with E-state index in [4.69, 9.17) is 18.9 Å². The van der Waals surface area contributed by atoms with Gasteiger partial charge in [-0.05, 0) is 27.7 Å². The number of ether oxygens (including phenoxy) is 4. The smallest absolute Gasteiger partial charge is 0.163 e. The average Bonchev–Trinajstić information content (AvgIpc) is 2.79. The summed E-state index contributed by atoms with van der Waals surface area (Å²) >= 11 is 4.88. The summed E-state index contributed by atoms with van der Waals surface area (Å²) in [6.45, 7) is 9.12. The summed E-state index contributed by atoms with van der Waals surface area (Å²) in [6, 6.07) is 0. The van der Waals surface area contributed by atoms with Crippen molar-refractivity contribution in [3.8, 4) is 0 Å². The minimum Gasteiger partial charge on any atom is -0.348 e. The summed E-state index contributed by atoms with van der Waals surface area (Å²) in [7, 11) is 0. The van der Waals surface area contributed by atoms with Gasteiger partial charge in [-0.2, -0.15) is 0 Å². The molecule has 2 rings (SSSR count). The quantitative estimate of drug-likeness (QED) is 0.459. The van der Waals surface area contributed by atoms with Crippen LogP contribution in [0.2, 0.25) is 0 Å². The first-order chi connectivity index (χ1) is 8.20. The van der Waals surface area contributed by atoms with Crippen LogP contribution in [0.5, 0.6) is 0 Å². The average molecular weight is 482 g/mol. The lowest BCUT2D eigenvalue weighted by molar-refractivity contribution is -0.143. The normalized spacial score (nSPS) is 37.7. The van der Waals surface area contributed by atoms with Crippen LogP contribution < -0.4 is 0 Å². The van der Waals surface area contributed by atoms with Crippen LogP contribution in [-0.4, -0.2) is 44.8 Å². The Morgan fingerprint density at radius 3 is 1.39 bits per heavy atom. The van der Waals surface area contributed by atoms with E-state index >= 15 is 0 Å². The topological polar surface area (TPSA) is 36.9 Å². The molecule has 0 aromatic rings. The maximum Gasteiger partial charge on any atom is 0.163 e. The molecule has 4 atom stereocenters. The van der Waals surface area contributed by atoms with Crippen molar-refractivity contribution in [2.75, 3.05) is 13.2 Å². The molecule has 0 saturated carbocycles. The zero-order valence-corrected chi connectivity index (χ0v) is 15.4. The van der Waals surface area contributed by atoms with Gasteiger partial charge in [0.2, 0.25) is 0 Å². The number of hydrogen-bond donors (Lipinski definition) is 0. The third-order valence-electron chi connectivity index (χ3n) is 3.08. The van der Waals surface area contributed by atoms with Gasteiger partial charge in [0, 0.05) is 0 Å². The molecule has 2 saturated heterocycles. The van der Waals surface area contributed by atoms with Gasteiger partial charge < -0.3 is 18.9 Å². The zero-order chi connectivity index (χ0) is 13.6. The van der Waals surface area contributed by atoms with Gasteiger partial charge in [0.05, 0.1) is 33.3 Å². The Morgan fingerprint density at radius 2 is 1.17 bits per heavy atom. The molecule has 2 fully saturated rings. The van der Waals surface area contributed by atoms with E-state index < -0.39 is 11.6 Å². The molecule has 4 unspecified atom stereocenters. The molecule has 0 bridgehead atoms. The Morgan fingerprint density at radius 1 is 0.833 bits per heavy atom. The van der Waals surface area contributed by atoms with Gasteiger partial charge in [-0.3, -0.25) is 0 Å². The second-order valence-electron chi connectivity index (χ2n) is 5.62. The highest BCUT2D eigenvalue weighted by molar-refractivity contribution is 14.1. The molecule has 0 spiro atoms. The fourth-order valence-electron chi connectivity index (χ4n) is 2.15. The zero-order valence-electron chi connectivity index (χ0n) is 11.1. The van der Waals surface area contributed by atoms with E-state index in [0.29, 0.717) is 21.1 Å². The molecule has 2 aliphatic heterocycles. The minimum absolute atomic E-state index is 0.120. The van der Waals surface area contributed by atoms with E-state index in [0.717, 1.165) is 0 Å². The largest absolute Gasteiger partial charge is 0.348 e. The summed E-state index contributed by atoms with van der Waals surface area (Å²) in [5, 5.41) is 0. The highest BCUT2D eigenvalue weighted by Crippen LogP contribution is 2.36. The Labute approximate surface area is 136 Å². The summed E-state index contributed by atoms with van der Waals surface area (Å²) in [6.07, 6.45) is 0.240. The van der Waals surface area contributed by atoms with Crippen LogP contribution in [0.1, 0.15) is 27.7 Å². The van der Waals surface area contributed by atoms with E-state index in [-0.39, 0.29) is 12.2 Å². The number of rotatable bonds is 3. The lowest BCUT2D eigenvalue weighted by Gasteiger charge is -2.27. The van der Waals surface area contributed by atoms with Crippen molar-refractivity contribution < 1.29 is 18.9 Å². The van der Waals surface area contributed by atoms with Crippen LogP contribution in [-0.2, 0) is 18.9 Å². The molecule has 2 aliphatic rings. The lowest BCUT2D eigenvalue weighted by atomic mass is 10.1. The molecule has 2 heterocycles. The van der Waals surface area contributed by atoms with Crippen molar-refractivity contribution in [2.45, 2.75) is 59.3 Å². The molecule has 0 N–H and O–H groups in total. The minimum atomic E-state index is -0.462. The molecule has 0 radical (unpaired) electrons. The highest BCUT2D eigenvalue weighted by atomic mass is 127. The fourth-order valence-corrected chi connectivity index (χ4v) is 3.79. The second kappa shape index (κ2) is 5.59. The first kappa shape index (κ1) is 15.7. The molecule has 6 heteroatoms. The van der Waals surface area contributed by atoms with Gasteiger partial charge in [-0.15, -0.1) is 0 Å². The van der Waals surface area contributed by atoms with Crippen LogP contribution >= 0.6 is 45.2 Å². The van der Waals surface area contributed by atoms with Crippen molar-refractivity contribution in [1.29, 1.82) is 0 Å². The summed E-state index contributed by atoms with van der Waals surface area (Å²) in [4.78, 5) is 0. The molecule has 0 aromatic carbocycles. The molecule has 0 amide bonds. The van der Waals surface area contributed by atoms with E-state index in [1.165, 1.54) is 0 Å². The third kappa shape index (κ3) is 3.69. The fraction of sp³-hybridized carbons (Fsp3) is 1.00. The Bertz CT molecular complexity index is 278. The predicted molar refractivity (Wildman–Crippen MR) is 85.4 cm³/mol. The standard InChI is InChI=1S/C12H20I2O4/c1-11(2)15-5-7(17-11)9(13)10(14)8-6-16-12(3,4)18-8/h7-10H,5-6H2,1-4H3. The number of alkyl halides is 2. The maximum atomic E-state index is 5.91. The molecular formula is C12H20I2O4. The number of hydrogen-bond acceptors (Lipinski definition) is 4. The Balaban J connectivity index is 1.92. The van der Waals surface area contributed by atoms with Crippen LogP contribution in [0.25, 0.3) is 0 Å². The van der Waals surface area contributed by atoms with E-state index in [9.17, 15) is 0 Å². The summed E-state index contributed by atoms with van der Waals surface area (Å²) in [5.41, 5.74) is 0. The van der Waals surface area contributed by atoms with Crippen molar-refractivity contribution in [3.63, 3.8) is 0 Å². The van der Waals surface area contributed by atoms with Gasteiger partial charge in [0.25, 0.3) is 0 Å². The third-order valence-corrected chi connectivity index (χ3v) is 7.61. The first-order valence-corrected chi connectivity index (χ1v) is 8.61. The Hall–Kier alpha value is 1.30. The predicted octanol–water partition coefficient (Wildman–Crippen LogP) is 2.90. The second-order valence-corrected chi connectivity index (χ2v) is 8.50. The van der Waals surface area contributed by atoms with Gasteiger partial charge in [-0.25, -0.2) is 0 Å². The molecule has 0 aliphatic carbocycles. The van der Waals surface area contributed by atoms with Crippen molar-refractivity contribution in [3.05, 3.63) is 0 Å². The lowest BCUT2D eigenvalue weighted by Crippen LogP contribution is -2.40. The van der Waals surface area contributed by atoms with E-state index in [1.807, 2.05) is 27.7 Å². The summed E-state index contributed by atoms with van der Waals surface area (Å²) < 4.78 is 23.8. The van der Waals surface area contributed by atoms with Crippen LogP contribution in [0.15, 0.2) is 0 Å². The van der Waals surface area contributed by atoms with Crippen LogP contribution in [0.3, 0.4) is 0 Å². The maximum absolute atomic E-state index is 5.91. The highest BCUT2D eigenvalue weighted by Gasteiger charge is 2.44. The van der Waals surface area contributed by atoms with Crippen LogP contribution in [0, 0.1) is 0 Å². The first-order valence-electron chi connectivity index (χ1n) is 6.12. The van der Waals surface area contributed by atoms with E-state index in [1.54, 1.807) is 0 Å². The van der Waals surface area contributed by atoms with Crippen LogP contribution in [0.4, 0.5) is 0 Å². The van der Waals surface area contributed by atoms with Crippen molar-refractivity contribution in [2.24, 2.45) is 0 Å². The summed E-state index contributed by atoms with van der Waals surface area (Å²) in [5.74, 6) is -0.923. The van der Waals surface area contributed by atoms with E-state index in [2.05, 4.69) is 45.2 Å². The number of halogens is 2. The van der Waals surface area contributed by atoms with Gasteiger partial charge in [-0.1, -0.05) is 45.2 Å². The molecular weight excluding hydrogens is 462 g/mol. The van der Waals surface area contributed by atoms with Gasteiger partial charge >= 0.3 is 0 Å². The molecule has 0 aromatic heterocycles. The monoisotopic (exact) mass is 482 g/mol. The van der Waals surface area contributed by atoms with Crippen molar-refractivity contribution in [1.82, 2.24) is 0 Å². The van der Waals surface area contributed by atoms with Crippen molar-refractivity contribution >= 4 is 45.2 Å².